The molecule has 2 aromatic carbocycles. The second-order valence-electron chi connectivity index (χ2n) is 4.98. The summed E-state index contributed by atoms with van der Waals surface area (Å²) in [6.45, 7) is 0.192. The fraction of sp³-hybridized carbons (Fsp3) is 0.176. The minimum absolute atomic E-state index is 0.192. The van der Waals surface area contributed by atoms with Crippen LogP contribution in [0.15, 0.2) is 42.5 Å². The molecule has 0 bridgehead atoms. The van der Waals surface area contributed by atoms with E-state index in [4.69, 9.17) is 9.47 Å². The van der Waals surface area contributed by atoms with E-state index in [9.17, 15) is 9.59 Å². The van der Waals surface area contributed by atoms with Gasteiger partial charge in [0.2, 0.25) is 0 Å². The zero-order chi connectivity index (χ0) is 16.4. The average Bonchev–Trinajstić information content (AvgIpc) is 2.84. The zero-order valence-electron chi connectivity index (χ0n) is 12.8. The third-order valence-corrected chi connectivity index (χ3v) is 3.70. The molecular formula is C17H16N2O4. The van der Waals surface area contributed by atoms with Crippen molar-refractivity contribution in [3.8, 4) is 11.5 Å². The van der Waals surface area contributed by atoms with E-state index in [0.29, 0.717) is 22.7 Å². The average molecular weight is 312 g/mol. The SMILES string of the molecule is COc1ccc(NCN2C(=O)C(=O)c3ccccc32)cc1OC. The lowest BCUT2D eigenvalue weighted by atomic mass is 10.1. The van der Waals surface area contributed by atoms with Crippen molar-refractivity contribution >= 4 is 23.1 Å². The first-order valence-corrected chi connectivity index (χ1v) is 7.07. The summed E-state index contributed by atoms with van der Waals surface area (Å²) in [4.78, 5) is 25.5. The van der Waals surface area contributed by atoms with E-state index in [1.807, 2.05) is 6.07 Å². The molecule has 1 aliphatic rings. The van der Waals surface area contributed by atoms with Crippen molar-refractivity contribution in [2.45, 2.75) is 0 Å². The number of carbonyl (C=O) groups excluding carboxylic acids is 2. The predicted molar refractivity (Wildman–Crippen MR) is 86.3 cm³/mol. The summed E-state index contributed by atoms with van der Waals surface area (Å²) in [5.74, 6) is 0.200. The maximum Gasteiger partial charge on any atom is 0.300 e. The fourth-order valence-electron chi connectivity index (χ4n) is 2.52. The lowest BCUT2D eigenvalue weighted by molar-refractivity contribution is -0.114. The number of methoxy groups -OCH3 is 2. The molecule has 0 aromatic heterocycles. The van der Waals surface area contributed by atoms with Gasteiger partial charge in [0.1, 0.15) is 0 Å². The highest BCUT2D eigenvalue weighted by atomic mass is 16.5. The molecule has 0 spiro atoms. The Hall–Kier alpha value is -3.02. The highest BCUT2D eigenvalue weighted by molar-refractivity contribution is 6.52. The van der Waals surface area contributed by atoms with Gasteiger partial charge in [0.05, 0.1) is 32.1 Å². The number of amides is 1. The highest BCUT2D eigenvalue weighted by Gasteiger charge is 2.35. The number of para-hydroxylation sites is 1. The Kier molecular flexibility index (Phi) is 3.89. The first kappa shape index (κ1) is 14.9. The lowest BCUT2D eigenvalue weighted by Gasteiger charge is -2.18. The second kappa shape index (κ2) is 6.00. The van der Waals surface area contributed by atoms with Gasteiger partial charge in [-0.05, 0) is 24.3 Å². The molecule has 23 heavy (non-hydrogen) atoms. The Bertz CT molecular complexity index is 773. The van der Waals surface area contributed by atoms with Crippen LogP contribution < -0.4 is 19.7 Å². The second-order valence-corrected chi connectivity index (χ2v) is 4.98. The van der Waals surface area contributed by atoms with Crippen LogP contribution in [0.4, 0.5) is 11.4 Å². The van der Waals surface area contributed by atoms with Crippen molar-refractivity contribution in [1.82, 2.24) is 0 Å². The zero-order valence-corrected chi connectivity index (χ0v) is 12.8. The molecule has 0 unspecified atom stereocenters. The monoisotopic (exact) mass is 312 g/mol. The minimum Gasteiger partial charge on any atom is -0.493 e. The number of nitrogens with one attached hydrogen (secondary N) is 1. The summed E-state index contributed by atoms with van der Waals surface area (Å²) in [5, 5.41) is 3.12. The van der Waals surface area contributed by atoms with Gasteiger partial charge in [0.25, 0.3) is 5.78 Å². The molecule has 6 heteroatoms. The third kappa shape index (κ3) is 2.59. The lowest BCUT2D eigenvalue weighted by Crippen LogP contribution is -2.34. The summed E-state index contributed by atoms with van der Waals surface area (Å²) < 4.78 is 10.4. The van der Waals surface area contributed by atoms with E-state index in [2.05, 4.69) is 5.32 Å². The molecule has 3 rings (SSSR count). The normalized spacial score (nSPS) is 13.0. The Morgan fingerprint density at radius 3 is 2.48 bits per heavy atom. The number of ether oxygens (including phenoxy) is 2. The Balaban J connectivity index is 1.79. The fourth-order valence-corrected chi connectivity index (χ4v) is 2.52. The number of fused-ring (bicyclic) bond motifs is 1. The molecule has 6 nitrogen and oxygen atoms in total. The minimum atomic E-state index is -0.529. The van der Waals surface area contributed by atoms with Crippen molar-refractivity contribution in [2.24, 2.45) is 0 Å². The standard InChI is InChI=1S/C17H16N2O4/c1-22-14-8-7-11(9-15(14)23-2)18-10-19-13-6-4-3-5-12(13)16(20)17(19)21/h3-9,18H,10H2,1-2H3. The van der Waals surface area contributed by atoms with Crippen LogP contribution in [0.3, 0.4) is 0 Å². The Labute approximate surface area is 133 Å². The first-order valence-electron chi connectivity index (χ1n) is 7.07. The molecule has 1 amide bonds. The molecule has 0 radical (unpaired) electrons. The van der Waals surface area contributed by atoms with Gasteiger partial charge in [-0.15, -0.1) is 0 Å². The van der Waals surface area contributed by atoms with Crippen LogP contribution in [0.2, 0.25) is 0 Å². The van der Waals surface area contributed by atoms with Crippen molar-refractivity contribution < 1.29 is 19.1 Å². The van der Waals surface area contributed by atoms with E-state index in [1.54, 1.807) is 50.6 Å². The molecule has 1 aliphatic heterocycles. The van der Waals surface area contributed by atoms with Crippen LogP contribution in [0.5, 0.6) is 11.5 Å². The molecule has 2 aromatic rings. The molecule has 0 saturated carbocycles. The predicted octanol–water partition coefficient (Wildman–Crippen LogP) is 2.30. The van der Waals surface area contributed by atoms with Gasteiger partial charge >= 0.3 is 5.91 Å². The van der Waals surface area contributed by atoms with Crippen molar-refractivity contribution in [1.29, 1.82) is 0 Å². The molecule has 0 atom stereocenters. The summed E-state index contributed by atoms with van der Waals surface area (Å²) in [6.07, 6.45) is 0. The van der Waals surface area contributed by atoms with E-state index >= 15 is 0 Å². The van der Waals surface area contributed by atoms with Gasteiger partial charge in [0, 0.05) is 11.8 Å². The van der Waals surface area contributed by atoms with Crippen LogP contribution in [0.25, 0.3) is 0 Å². The van der Waals surface area contributed by atoms with Crippen LogP contribution in [-0.2, 0) is 4.79 Å². The maximum absolute atomic E-state index is 12.1. The van der Waals surface area contributed by atoms with E-state index in [-0.39, 0.29) is 6.67 Å². The number of hydrogen-bond acceptors (Lipinski definition) is 5. The molecule has 118 valence electrons. The number of nitrogens with zero attached hydrogens (tertiary/aromatic N) is 1. The molecule has 1 heterocycles. The van der Waals surface area contributed by atoms with Crippen LogP contribution in [0.1, 0.15) is 10.4 Å². The number of rotatable bonds is 5. The topological polar surface area (TPSA) is 67.9 Å². The van der Waals surface area contributed by atoms with Crippen molar-refractivity contribution in [3.05, 3.63) is 48.0 Å². The Morgan fingerprint density at radius 1 is 1.00 bits per heavy atom. The third-order valence-electron chi connectivity index (χ3n) is 3.70. The molecule has 1 N–H and O–H groups in total. The number of carbonyl (C=O) groups is 2. The highest BCUT2D eigenvalue weighted by Crippen LogP contribution is 2.31. The largest absolute Gasteiger partial charge is 0.493 e. The van der Waals surface area contributed by atoms with E-state index < -0.39 is 11.7 Å². The smallest absolute Gasteiger partial charge is 0.300 e. The van der Waals surface area contributed by atoms with Crippen molar-refractivity contribution in [3.63, 3.8) is 0 Å². The number of benzene rings is 2. The van der Waals surface area contributed by atoms with Gasteiger partial charge in [-0.2, -0.15) is 0 Å². The van der Waals surface area contributed by atoms with Gasteiger partial charge in [0.15, 0.2) is 11.5 Å². The van der Waals surface area contributed by atoms with Gasteiger partial charge in [-0.1, -0.05) is 12.1 Å². The van der Waals surface area contributed by atoms with Crippen LogP contribution in [-0.4, -0.2) is 32.6 Å². The summed E-state index contributed by atoms with van der Waals surface area (Å²) in [5.41, 5.74) is 1.81. The number of Topliss-reactive ketones (excluding diaryl/α,β-unsaturated/α-hetero) is 1. The van der Waals surface area contributed by atoms with Gasteiger partial charge in [-0.25, -0.2) is 0 Å². The number of ketones is 1. The number of hydrogen-bond donors (Lipinski definition) is 1. The molecular weight excluding hydrogens is 296 g/mol. The quantitative estimate of drug-likeness (QED) is 0.858. The van der Waals surface area contributed by atoms with Crippen molar-refractivity contribution in [2.75, 3.05) is 31.1 Å². The maximum atomic E-state index is 12.1. The van der Waals surface area contributed by atoms with E-state index in [0.717, 1.165) is 5.69 Å². The summed E-state index contributed by atoms with van der Waals surface area (Å²) >= 11 is 0. The molecule has 0 saturated heterocycles. The van der Waals surface area contributed by atoms with Gasteiger partial charge in [-0.3, -0.25) is 14.5 Å². The molecule has 0 aliphatic carbocycles. The summed E-state index contributed by atoms with van der Waals surface area (Å²) in [6, 6.07) is 12.3. The molecule has 0 fully saturated rings. The van der Waals surface area contributed by atoms with Crippen LogP contribution >= 0.6 is 0 Å². The summed E-state index contributed by atoms with van der Waals surface area (Å²) in [7, 11) is 3.12. The van der Waals surface area contributed by atoms with Gasteiger partial charge < -0.3 is 14.8 Å². The van der Waals surface area contributed by atoms with Crippen LogP contribution in [0, 0.1) is 0 Å². The number of anilines is 2. The van der Waals surface area contributed by atoms with E-state index in [1.165, 1.54) is 4.90 Å². The Morgan fingerprint density at radius 2 is 1.74 bits per heavy atom. The first-order chi connectivity index (χ1) is 11.2.